The maximum Gasteiger partial charge on any atom is 0.320 e. The van der Waals surface area contributed by atoms with Crippen molar-refractivity contribution in [3.05, 3.63) is 24.4 Å². The van der Waals surface area contributed by atoms with Crippen LogP contribution in [-0.4, -0.2) is 54.5 Å². The summed E-state index contributed by atoms with van der Waals surface area (Å²) in [6.45, 7) is 3.22. The molecule has 0 radical (unpaired) electrons. The molecule has 3 heterocycles. The highest BCUT2D eigenvalue weighted by Gasteiger charge is 2.19. The SMILES string of the molecule is Nc1nc(OCCOc2ccccn2)nc(N2CCOCC2)c1N. The Kier molecular flexibility index (Phi) is 5.12. The van der Waals surface area contributed by atoms with E-state index < -0.39 is 0 Å². The van der Waals surface area contributed by atoms with Crippen molar-refractivity contribution < 1.29 is 14.2 Å². The lowest BCUT2D eigenvalue weighted by Crippen LogP contribution is -2.37. The van der Waals surface area contributed by atoms with Crippen molar-refractivity contribution >= 4 is 17.3 Å². The highest BCUT2D eigenvalue weighted by Crippen LogP contribution is 2.28. The summed E-state index contributed by atoms with van der Waals surface area (Å²) in [5, 5.41) is 0. The Bertz CT molecular complexity index is 664. The van der Waals surface area contributed by atoms with Gasteiger partial charge in [0.2, 0.25) is 5.88 Å². The van der Waals surface area contributed by atoms with Crippen molar-refractivity contribution in [2.75, 3.05) is 55.9 Å². The number of aromatic nitrogens is 3. The van der Waals surface area contributed by atoms with E-state index in [0.717, 1.165) is 0 Å². The van der Waals surface area contributed by atoms with E-state index in [9.17, 15) is 0 Å². The molecule has 0 atom stereocenters. The highest BCUT2D eigenvalue weighted by molar-refractivity contribution is 5.74. The van der Waals surface area contributed by atoms with E-state index in [2.05, 4.69) is 15.0 Å². The quantitative estimate of drug-likeness (QED) is 0.720. The van der Waals surface area contributed by atoms with Crippen LogP contribution in [0.3, 0.4) is 0 Å². The molecule has 0 spiro atoms. The Hall–Kier alpha value is -2.81. The van der Waals surface area contributed by atoms with Gasteiger partial charge in [0.05, 0.1) is 13.2 Å². The number of hydrogen-bond acceptors (Lipinski definition) is 9. The molecule has 1 aliphatic heterocycles. The second-order valence-electron chi connectivity index (χ2n) is 5.09. The lowest BCUT2D eigenvalue weighted by Gasteiger charge is -2.29. The first-order valence-corrected chi connectivity index (χ1v) is 7.66. The van der Waals surface area contributed by atoms with Crippen LogP contribution in [0, 0.1) is 0 Å². The fourth-order valence-electron chi connectivity index (χ4n) is 2.25. The van der Waals surface area contributed by atoms with Gasteiger partial charge in [-0.05, 0) is 6.07 Å². The van der Waals surface area contributed by atoms with Gasteiger partial charge in [0.25, 0.3) is 0 Å². The second kappa shape index (κ2) is 7.64. The lowest BCUT2D eigenvalue weighted by atomic mass is 10.3. The monoisotopic (exact) mass is 332 g/mol. The zero-order valence-electron chi connectivity index (χ0n) is 13.2. The Morgan fingerprint density at radius 3 is 2.62 bits per heavy atom. The standard InChI is InChI=1S/C15H20N6O3/c16-12-13(17)19-15(20-14(12)21-5-7-22-8-6-21)24-10-9-23-11-3-1-2-4-18-11/h1-4H,5-10,16H2,(H2,17,19,20). The minimum absolute atomic E-state index is 0.174. The molecular formula is C15H20N6O3. The van der Waals surface area contributed by atoms with Gasteiger partial charge in [0.1, 0.15) is 18.9 Å². The fraction of sp³-hybridized carbons (Fsp3) is 0.400. The summed E-state index contributed by atoms with van der Waals surface area (Å²) in [6.07, 6.45) is 1.66. The van der Waals surface area contributed by atoms with Crippen molar-refractivity contribution in [2.24, 2.45) is 0 Å². The lowest BCUT2D eigenvalue weighted by molar-refractivity contribution is 0.122. The maximum atomic E-state index is 5.99. The number of pyridine rings is 1. The van der Waals surface area contributed by atoms with Crippen LogP contribution in [0.4, 0.5) is 17.3 Å². The van der Waals surface area contributed by atoms with Crippen LogP contribution in [-0.2, 0) is 4.74 Å². The minimum Gasteiger partial charge on any atom is -0.474 e. The van der Waals surface area contributed by atoms with Gasteiger partial charge in [0, 0.05) is 25.4 Å². The number of anilines is 3. The summed E-state index contributed by atoms with van der Waals surface area (Å²) >= 11 is 0. The third-order valence-electron chi connectivity index (χ3n) is 3.45. The summed E-state index contributed by atoms with van der Waals surface area (Å²) < 4.78 is 16.3. The van der Waals surface area contributed by atoms with Crippen molar-refractivity contribution in [1.29, 1.82) is 0 Å². The molecule has 9 nitrogen and oxygen atoms in total. The van der Waals surface area contributed by atoms with Gasteiger partial charge >= 0.3 is 6.01 Å². The van der Waals surface area contributed by atoms with Crippen molar-refractivity contribution in [3.8, 4) is 11.9 Å². The first kappa shape index (κ1) is 16.1. The number of nitrogens with two attached hydrogens (primary N) is 2. The van der Waals surface area contributed by atoms with Gasteiger partial charge < -0.3 is 30.6 Å². The van der Waals surface area contributed by atoms with E-state index in [1.54, 1.807) is 12.3 Å². The van der Waals surface area contributed by atoms with E-state index in [-0.39, 0.29) is 18.4 Å². The van der Waals surface area contributed by atoms with Gasteiger partial charge in [0.15, 0.2) is 11.6 Å². The van der Waals surface area contributed by atoms with E-state index in [1.165, 1.54) is 0 Å². The molecule has 0 bridgehead atoms. The largest absolute Gasteiger partial charge is 0.474 e. The maximum absolute atomic E-state index is 5.99. The number of hydrogen-bond donors (Lipinski definition) is 2. The van der Waals surface area contributed by atoms with Crippen molar-refractivity contribution in [1.82, 2.24) is 15.0 Å². The van der Waals surface area contributed by atoms with Crippen LogP contribution in [0.5, 0.6) is 11.9 Å². The van der Waals surface area contributed by atoms with Crippen LogP contribution in [0.2, 0.25) is 0 Å². The molecule has 0 saturated carbocycles. The molecule has 0 amide bonds. The molecule has 0 unspecified atom stereocenters. The zero-order valence-corrected chi connectivity index (χ0v) is 13.2. The number of ether oxygens (including phenoxy) is 3. The van der Waals surface area contributed by atoms with E-state index in [4.69, 9.17) is 25.7 Å². The molecule has 2 aromatic heterocycles. The predicted octanol–water partition coefficient (Wildman–Crippen LogP) is 0.330. The number of rotatable bonds is 6. The van der Waals surface area contributed by atoms with Gasteiger partial charge in [-0.1, -0.05) is 6.07 Å². The zero-order chi connectivity index (χ0) is 16.8. The first-order chi connectivity index (χ1) is 11.7. The highest BCUT2D eigenvalue weighted by atomic mass is 16.5. The molecule has 0 aliphatic carbocycles. The Morgan fingerprint density at radius 1 is 1.08 bits per heavy atom. The molecule has 128 valence electrons. The third kappa shape index (κ3) is 3.93. The molecule has 1 fully saturated rings. The van der Waals surface area contributed by atoms with Gasteiger partial charge in [-0.15, -0.1) is 0 Å². The first-order valence-electron chi connectivity index (χ1n) is 7.66. The summed E-state index contributed by atoms with van der Waals surface area (Å²) in [7, 11) is 0. The predicted molar refractivity (Wildman–Crippen MR) is 89.1 cm³/mol. The van der Waals surface area contributed by atoms with Crippen LogP contribution in [0.15, 0.2) is 24.4 Å². The molecule has 2 aromatic rings. The Morgan fingerprint density at radius 2 is 1.88 bits per heavy atom. The van der Waals surface area contributed by atoms with Crippen LogP contribution < -0.4 is 25.8 Å². The molecule has 24 heavy (non-hydrogen) atoms. The average molecular weight is 332 g/mol. The van der Waals surface area contributed by atoms with Gasteiger partial charge in [-0.25, -0.2) is 4.98 Å². The molecular weight excluding hydrogens is 312 g/mol. The van der Waals surface area contributed by atoms with E-state index in [0.29, 0.717) is 50.3 Å². The molecule has 0 aromatic carbocycles. The Labute approximate surface area is 139 Å². The molecule has 3 rings (SSSR count). The molecule has 1 aliphatic rings. The van der Waals surface area contributed by atoms with Crippen LogP contribution >= 0.6 is 0 Å². The van der Waals surface area contributed by atoms with E-state index >= 15 is 0 Å². The van der Waals surface area contributed by atoms with E-state index in [1.807, 2.05) is 17.0 Å². The number of morpholine rings is 1. The number of nitrogen functional groups attached to an aromatic ring is 2. The number of nitrogens with zero attached hydrogens (tertiary/aromatic N) is 4. The topological polar surface area (TPSA) is 122 Å². The summed E-state index contributed by atoms with van der Waals surface area (Å²) in [5.74, 6) is 1.31. The minimum atomic E-state index is 0.174. The second-order valence-corrected chi connectivity index (χ2v) is 5.09. The normalized spacial score (nSPS) is 14.4. The Balaban J connectivity index is 1.60. The summed E-state index contributed by atoms with van der Waals surface area (Å²) in [4.78, 5) is 14.5. The smallest absolute Gasteiger partial charge is 0.320 e. The summed E-state index contributed by atoms with van der Waals surface area (Å²) in [5.41, 5.74) is 12.2. The van der Waals surface area contributed by atoms with Gasteiger partial charge in [-0.2, -0.15) is 9.97 Å². The fourth-order valence-corrected chi connectivity index (χ4v) is 2.25. The van der Waals surface area contributed by atoms with Crippen molar-refractivity contribution in [2.45, 2.75) is 0 Å². The average Bonchev–Trinajstić information content (AvgIpc) is 2.63. The molecule has 1 saturated heterocycles. The molecule has 9 heteroatoms. The summed E-state index contributed by atoms with van der Waals surface area (Å²) in [6, 6.07) is 5.62. The van der Waals surface area contributed by atoms with Crippen molar-refractivity contribution in [3.63, 3.8) is 0 Å². The van der Waals surface area contributed by atoms with Crippen LogP contribution in [0.1, 0.15) is 0 Å². The van der Waals surface area contributed by atoms with Gasteiger partial charge in [-0.3, -0.25) is 0 Å². The van der Waals surface area contributed by atoms with Crippen LogP contribution in [0.25, 0.3) is 0 Å². The molecule has 4 N–H and O–H groups in total. The third-order valence-corrected chi connectivity index (χ3v) is 3.45.